The molecule has 5 rings (SSSR count). The molecule has 0 saturated carbocycles. The number of alkyl halides is 3. The zero-order valence-electron chi connectivity index (χ0n) is 22.4. The Morgan fingerprint density at radius 1 is 1.13 bits per heavy atom. The fraction of sp³-hybridized carbons (Fsp3) is 0.536. The maximum absolute atomic E-state index is 13.9. The van der Waals surface area contributed by atoms with Crippen molar-refractivity contribution in [2.75, 3.05) is 6.54 Å². The quantitative estimate of drug-likeness (QED) is 0.317. The van der Waals surface area contributed by atoms with Gasteiger partial charge in [0.2, 0.25) is 0 Å². The molecule has 3 aromatic rings. The third kappa shape index (κ3) is 5.58. The summed E-state index contributed by atoms with van der Waals surface area (Å²) in [6.07, 6.45) is 3.10. The SMILES string of the molecule is CC.CC1CC(c2cnc3c(C(F)(F)F)nn([C@H](C)c4ccc(Cl)cc4Cl)c3n2)=CCC1N1CCC[C@H]1C. The summed E-state index contributed by atoms with van der Waals surface area (Å²) in [5.74, 6) is 0.408. The second-order valence-electron chi connectivity index (χ2n) is 10.0. The highest BCUT2D eigenvalue weighted by Crippen LogP contribution is 2.39. The standard InChI is InChI=1S/C26H28Cl2F3N5.C2H6/c1-14-11-17(6-9-22(14)35-10-4-5-15(35)2)21-13-32-23-24(26(29,30)31)34-36(25(23)33-21)16(3)19-8-7-18(27)12-20(19)28;1-2/h6-8,12-16,22H,4-5,9-11H2,1-3H3;1-2H3/t14?,15-,16-,22?;/m1./s1. The molecule has 1 aliphatic heterocycles. The van der Waals surface area contributed by atoms with Gasteiger partial charge in [-0.25, -0.2) is 14.6 Å². The number of rotatable bonds is 4. The molecule has 1 saturated heterocycles. The predicted molar refractivity (Wildman–Crippen MR) is 148 cm³/mol. The minimum Gasteiger partial charge on any atom is -0.297 e. The molecular weight excluding hydrogens is 534 g/mol. The lowest BCUT2D eigenvalue weighted by molar-refractivity contribution is -0.140. The molecule has 5 nitrogen and oxygen atoms in total. The maximum Gasteiger partial charge on any atom is 0.437 e. The van der Waals surface area contributed by atoms with Crippen molar-refractivity contribution in [1.29, 1.82) is 0 Å². The van der Waals surface area contributed by atoms with Crippen molar-refractivity contribution in [3.8, 4) is 0 Å². The van der Waals surface area contributed by atoms with E-state index in [0.717, 1.165) is 25.0 Å². The first-order valence-corrected chi connectivity index (χ1v) is 14.0. The van der Waals surface area contributed by atoms with Crippen LogP contribution in [0.1, 0.15) is 83.3 Å². The van der Waals surface area contributed by atoms with Crippen molar-refractivity contribution in [3.05, 3.63) is 57.5 Å². The zero-order valence-corrected chi connectivity index (χ0v) is 23.9. The molecule has 2 aliphatic rings. The number of halogens is 5. The van der Waals surface area contributed by atoms with Crippen molar-refractivity contribution in [1.82, 2.24) is 24.6 Å². The van der Waals surface area contributed by atoms with Crippen LogP contribution in [-0.4, -0.2) is 43.3 Å². The monoisotopic (exact) mass is 567 g/mol. The molecule has 2 aromatic heterocycles. The number of aromatic nitrogens is 4. The summed E-state index contributed by atoms with van der Waals surface area (Å²) in [4.78, 5) is 11.5. The highest BCUT2D eigenvalue weighted by Gasteiger charge is 2.39. The van der Waals surface area contributed by atoms with Crippen LogP contribution in [0.2, 0.25) is 10.0 Å². The van der Waals surface area contributed by atoms with Crippen LogP contribution in [0.4, 0.5) is 13.2 Å². The first-order chi connectivity index (χ1) is 18.0. The Balaban J connectivity index is 0.00000164. The fourth-order valence-electron chi connectivity index (χ4n) is 5.68. The Morgan fingerprint density at radius 2 is 1.87 bits per heavy atom. The molecule has 1 aliphatic carbocycles. The molecule has 206 valence electrons. The van der Waals surface area contributed by atoms with E-state index in [1.807, 2.05) is 13.8 Å². The molecule has 0 spiro atoms. The van der Waals surface area contributed by atoms with E-state index in [9.17, 15) is 13.2 Å². The van der Waals surface area contributed by atoms with Gasteiger partial charge in [0.15, 0.2) is 11.3 Å². The van der Waals surface area contributed by atoms with E-state index in [0.29, 0.717) is 39.3 Å². The van der Waals surface area contributed by atoms with Gasteiger partial charge in [0.25, 0.3) is 0 Å². The van der Waals surface area contributed by atoms with Crippen LogP contribution in [0.3, 0.4) is 0 Å². The Morgan fingerprint density at radius 3 is 2.47 bits per heavy atom. The molecule has 10 heteroatoms. The predicted octanol–water partition coefficient (Wildman–Crippen LogP) is 8.45. The zero-order chi connectivity index (χ0) is 27.8. The molecule has 0 radical (unpaired) electrons. The first-order valence-electron chi connectivity index (χ1n) is 13.3. The van der Waals surface area contributed by atoms with E-state index in [1.165, 1.54) is 23.7 Å². The van der Waals surface area contributed by atoms with E-state index in [-0.39, 0.29) is 11.2 Å². The van der Waals surface area contributed by atoms with E-state index >= 15 is 0 Å². The van der Waals surface area contributed by atoms with Gasteiger partial charge in [0, 0.05) is 22.1 Å². The topological polar surface area (TPSA) is 46.8 Å². The van der Waals surface area contributed by atoms with E-state index in [4.69, 9.17) is 23.2 Å². The van der Waals surface area contributed by atoms with Gasteiger partial charge in [-0.15, -0.1) is 0 Å². The molecular formula is C28H34Cl2F3N5. The smallest absolute Gasteiger partial charge is 0.297 e. The maximum atomic E-state index is 13.9. The lowest BCUT2D eigenvalue weighted by atomic mass is 9.83. The third-order valence-electron chi connectivity index (χ3n) is 7.61. The van der Waals surface area contributed by atoms with Crippen LogP contribution in [-0.2, 0) is 6.18 Å². The van der Waals surface area contributed by atoms with Crippen LogP contribution in [0.15, 0.2) is 30.5 Å². The minimum atomic E-state index is -4.67. The molecule has 1 aromatic carbocycles. The summed E-state index contributed by atoms with van der Waals surface area (Å²) in [6, 6.07) is 5.35. The van der Waals surface area contributed by atoms with Gasteiger partial charge in [-0.05, 0) is 75.3 Å². The fourth-order valence-corrected chi connectivity index (χ4v) is 6.24. The van der Waals surface area contributed by atoms with Crippen molar-refractivity contribution < 1.29 is 13.2 Å². The molecule has 0 N–H and O–H groups in total. The summed E-state index contributed by atoms with van der Waals surface area (Å²) < 4.78 is 42.8. The molecule has 2 unspecified atom stereocenters. The Labute approximate surface area is 232 Å². The van der Waals surface area contributed by atoms with Crippen LogP contribution in [0.5, 0.6) is 0 Å². The van der Waals surface area contributed by atoms with Gasteiger partial charge in [-0.1, -0.05) is 56.1 Å². The van der Waals surface area contributed by atoms with Crippen molar-refractivity contribution >= 4 is 39.9 Å². The summed E-state index contributed by atoms with van der Waals surface area (Å²) in [6.45, 7) is 11.4. The van der Waals surface area contributed by atoms with Gasteiger partial charge >= 0.3 is 6.18 Å². The van der Waals surface area contributed by atoms with E-state index in [2.05, 4.69) is 39.9 Å². The Kier molecular flexibility index (Phi) is 8.75. The van der Waals surface area contributed by atoms with Gasteiger partial charge in [0.05, 0.1) is 17.9 Å². The van der Waals surface area contributed by atoms with Crippen molar-refractivity contribution in [3.63, 3.8) is 0 Å². The number of allylic oxidation sites excluding steroid dienone is 1. The second kappa shape index (κ2) is 11.5. The van der Waals surface area contributed by atoms with Gasteiger partial charge in [-0.3, -0.25) is 4.90 Å². The minimum absolute atomic E-state index is 0.0854. The van der Waals surface area contributed by atoms with Gasteiger partial charge < -0.3 is 0 Å². The lowest BCUT2D eigenvalue weighted by Gasteiger charge is -2.38. The van der Waals surface area contributed by atoms with Gasteiger partial charge in [0.1, 0.15) is 5.52 Å². The van der Waals surface area contributed by atoms with Crippen LogP contribution < -0.4 is 0 Å². The number of benzene rings is 1. The van der Waals surface area contributed by atoms with E-state index < -0.39 is 17.9 Å². The number of fused-ring (bicyclic) bond motifs is 1. The number of nitrogens with zero attached hydrogens (tertiary/aromatic N) is 5. The van der Waals surface area contributed by atoms with Crippen molar-refractivity contribution in [2.24, 2.45) is 5.92 Å². The number of likely N-dealkylation sites (tertiary alicyclic amines) is 1. The Hall–Kier alpha value is -2.16. The molecule has 4 atom stereocenters. The average Bonchev–Trinajstić information content (AvgIpc) is 3.48. The van der Waals surface area contributed by atoms with Gasteiger partial charge in [-0.2, -0.15) is 18.3 Å². The summed E-state index contributed by atoms with van der Waals surface area (Å²) in [7, 11) is 0. The highest BCUT2D eigenvalue weighted by molar-refractivity contribution is 6.35. The summed E-state index contributed by atoms with van der Waals surface area (Å²) in [5.41, 5.74) is 0.964. The number of hydrogen-bond donors (Lipinski definition) is 0. The summed E-state index contributed by atoms with van der Waals surface area (Å²) in [5, 5.41) is 4.72. The van der Waals surface area contributed by atoms with Crippen LogP contribution in [0.25, 0.3) is 16.7 Å². The van der Waals surface area contributed by atoms with Crippen LogP contribution in [0, 0.1) is 5.92 Å². The molecule has 3 heterocycles. The first kappa shape index (κ1) is 28.8. The third-order valence-corrected chi connectivity index (χ3v) is 8.18. The number of hydrogen-bond acceptors (Lipinski definition) is 4. The highest BCUT2D eigenvalue weighted by atomic mass is 35.5. The van der Waals surface area contributed by atoms with Crippen LogP contribution >= 0.6 is 23.2 Å². The molecule has 1 fully saturated rings. The molecule has 0 bridgehead atoms. The molecule has 0 amide bonds. The second-order valence-corrected chi connectivity index (χ2v) is 10.8. The molecule has 38 heavy (non-hydrogen) atoms. The van der Waals surface area contributed by atoms with E-state index in [1.54, 1.807) is 25.1 Å². The normalized spacial score (nSPS) is 23.2. The average molecular weight is 569 g/mol. The lowest BCUT2D eigenvalue weighted by Crippen LogP contribution is -2.42. The van der Waals surface area contributed by atoms with Crippen molar-refractivity contribution in [2.45, 2.75) is 84.6 Å². The largest absolute Gasteiger partial charge is 0.437 e. The summed E-state index contributed by atoms with van der Waals surface area (Å²) >= 11 is 12.4. The Bertz CT molecular complexity index is 1320.